The Morgan fingerprint density at radius 1 is 0.600 bits per heavy atom. The zero-order valence-electron chi connectivity index (χ0n) is 4.71. The van der Waals surface area contributed by atoms with E-state index < -0.39 is 0 Å². The summed E-state index contributed by atoms with van der Waals surface area (Å²) in [5, 5.41) is 0. The van der Waals surface area contributed by atoms with Gasteiger partial charge in [-0.3, -0.25) is 0 Å². The monoisotopic (exact) mass is 212 g/mol. The summed E-state index contributed by atoms with van der Waals surface area (Å²) in [6.07, 6.45) is 0. The second-order valence-electron chi connectivity index (χ2n) is 0. The molecule has 5 heavy (non-hydrogen) atoms. The van der Waals surface area contributed by atoms with Crippen molar-refractivity contribution in [2.45, 2.75) is 0 Å². The van der Waals surface area contributed by atoms with Crippen molar-refractivity contribution in [3.63, 3.8) is 0 Å². The fourth-order valence-electron chi connectivity index (χ4n) is 0. The zero-order chi connectivity index (χ0) is 0. The molecule has 0 aromatic rings. The fourth-order valence-corrected chi connectivity index (χ4v) is 0. The molecule has 36 valence electrons. The topological polar surface area (TPSA) is 126 Å². The summed E-state index contributed by atoms with van der Waals surface area (Å²) >= 11 is 0. The Morgan fingerprint density at radius 2 is 0.600 bits per heavy atom. The normalized spacial score (nSPS) is 0. The molecular formula is H10BaO4. The van der Waals surface area contributed by atoms with E-state index in [1.165, 1.54) is 0 Å². The van der Waals surface area contributed by atoms with E-state index in [-0.39, 0.29) is 73.6 Å². The van der Waals surface area contributed by atoms with E-state index in [4.69, 9.17) is 0 Å². The van der Waals surface area contributed by atoms with Gasteiger partial charge in [-0.1, -0.05) is 0 Å². The predicted molar refractivity (Wildman–Crippen MR) is 22.4 cm³/mol. The van der Waals surface area contributed by atoms with Gasteiger partial charge in [0.05, 0.1) is 0 Å². The molecule has 0 aliphatic carbocycles. The Bertz CT molecular complexity index is 9.65. The van der Waals surface area contributed by atoms with Gasteiger partial charge in [0.2, 0.25) is 0 Å². The number of hydrogen-bond acceptors (Lipinski definition) is 0. The molecule has 8 N–H and O–H groups in total. The molecule has 5 heteroatoms. The van der Waals surface area contributed by atoms with Gasteiger partial charge in [-0.15, -0.1) is 0 Å². The molecule has 4 nitrogen and oxygen atoms in total. The largest absolute Gasteiger partial charge is 2.00 e. The standard InChI is InChI=1S/Ba.4H2O.2H/h;4*1H2;;/q+2;;;;;2*-1. The van der Waals surface area contributed by atoms with Crippen LogP contribution >= 0.6 is 0 Å². The molecule has 0 bridgehead atoms. The molecule has 0 saturated carbocycles. The van der Waals surface area contributed by atoms with Crippen molar-refractivity contribution < 1.29 is 24.8 Å². The molecule has 0 atom stereocenters. The minimum atomic E-state index is 0. The van der Waals surface area contributed by atoms with Gasteiger partial charge in [0, 0.05) is 0 Å². The first kappa shape index (κ1) is 94.2. The van der Waals surface area contributed by atoms with Gasteiger partial charge in [0.15, 0.2) is 0 Å². The smallest absolute Gasteiger partial charge is 1.00 e. The Hall–Kier alpha value is 1.41. The molecule has 0 aliphatic heterocycles. The van der Waals surface area contributed by atoms with Crippen LogP contribution in [0.3, 0.4) is 0 Å². The molecular weight excluding hydrogens is 201 g/mol. The van der Waals surface area contributed by atoms with E-state index in [1.807, 2.05) is 0 Å². The summed E-state index contributed by atoms with van der Waals surface area (Å²) in [7, 11) is 0. The maximum absolute atomic E-state index is 0. The molecule has 0 rings (SSSR count). The van der Waals surface area contributed by atoms with Crippen LogP contribution in [0.1, 0.15) is 2.85 Å². The van der Waals surface area contributed by atoms with Crippen LogP contribution in [-0.2, 0) is 0 Å². The van der Waals surface area contributed by atoms with Gasteiger partial charge in [0.1, 0.15) is 0 Å². The summed E-state index contributed by atoms with van der Waals surface area (Å²) in [6, 6.07) is 0. The third-order valence-electron chi connectivity index (χ3n) is 0. The first-order chi connectivity index (χ1) is 0. The van der Waals surface area contributed by atoms with Crippen molar-refractivity contribution in [2.75, 3.05) is 0 Å². The van der Waals surface area contributed by atoms with Crippen molar-refractivity contribution in [2.24, 2.45) is 0 Å². The predicted octanol–water partition coefficient (Wildman–Crippen LogP) is -3.45. The maximum atomic E-state index is 0. The van der Waals surface area contributed by atoms with Crippen LogP contribution in [-0.4, -0.2) is 70.8 Å². The molecule has 0 fully saturated rings. The Labute approximate surface area is 72.8 Å². The van der Waals surface area contributed by atoms with Crippen LogP contribution < -0.4 is 0 Å². The van der Waals surface area contributed by atoms with E-state index in [1.54, 1.807) is 0 Å². The summed E-state index contributed by atoms with van der Waals surface area (Å²) in [5.74, 6) is 0. The molecule has 0 radical (unpaired) electrons. The molecule has 0 saturated heterocycles. The van der Waals surface area contributed by atoms with Crippen molar-refractivity contribution >= 4 is 48.9 Å². The molecule has 0 aliphatic rings. The molecule has 0 heterocycles. The Balaban J connectivity index is 0. The SMILES string of the molecule is O.O.O.O.[Ba+2].[H-].[H-]. The van der Waals surface area contributed by atoms with Crippen molar-refractivity contribution in [1.29, 1.82) is 0 Å². The van der Waals surface area contributed by atoms with E-state index >= 15 is 0 Å². The average Bonchev–Trinajstić information content (AvgIpc) is 0. The van der Waals surface area contributed by atoms with Crippen LogP contribution in [0.15, 0.2) is 0 Å². The number of hydrogen-bond donors (Lipinski definition) is 0. The van der Waals surface area contributed by atoms with Crippen LogP contribution in [0.2, 0.25) is 0 Å². The van der Waals surface area contributed by atoms with Gasteiger partial charge in [-0.25, -0.2) is 0 Å². The van der Waals surface area contributed by atoms with Crippen molar-refractivity contribution in [3.05, 3.63) is 0 Å². The third kappa shape index (κ3) is 31.6. The minimum Gasteiger partial charge on any atom is -1.00 e. The minimum absolute atomic E-state index is 0. The van der Waals surface area contributed by atoms with Gasteiger partial charge in [0.25, 0.3) is 0 Å². The quantitative estimate of drug-likeness (QED) is 0.369. The van der Waals surface area contributed by atoms with Gasteiger partial charge in [-0.05, 0) is 0 Å². The molecule has 0 aromatic carbocycles. The fraction of sp³-hybridized carbons (Fsp3) is 0. The zero-order valence-corrected chi connectivity index (χ0v) is 7.15. The van der Waals surface area contributed by atoms with Crippen LogP contribution in [0.25, 0.3) is 0 Å². The third-order valence-corrected chi connectivity index (χ3v) is 0. The first-order valence-corrected chi connectivity index (χ1v) is 0. The molecule has 0 spiro atoms. The summed E-state index contributed by atoms with van der Waals surface area (Å²) in [5.41, 5.74) is 0. The van der Waals surface area contributed by atoms with Crippen LogP contribution in [0.4, 0.5) is 0 Å². The average molecular weight is 211 g/mol. The summed E-state index contributed by atoms with van der Waals surface area (Å²) in [4.78, 5) is 0. The van der Waals surface area contributed by atoms with E-state index in [2.05, 4.69) is 0 Å². The van der Waals surface area contributed by atoms with Crippen molar-refractivity contribution in [3.8, 4) is 0 Å². The summed E-state index contributed by atoms with van der Waals surface area (Å²) < 4.78 is 0. The van der Waals surface area contributed by atoms with Crippen molar-refractivity contribution in [1.82, 2.24) is 0 Å². The number of rotatable bonds is 0. The Kier molecular flexibility index (Phi) is 996. The molecule has 0 amide bonds. The van der Waals surface area contributed by atoms with Gasteiger partial charge in [-0.2, -0.15) is 0 Å². The van der Waals surface area contributed by atoms with Crippen LogP contribution in [0.5, 0.6) is 0 Å². The van der Waals surface area contributed by atoms with E-state index in [0.717, 1.165) is 0 Å². The second-order valence-corrected chi connectivity index (χ2v) is 0. The van der Waals surface area contributed by atoms with Gasteiger partial charge < -0.3 is 24.8 Å². The maximum Gasteiger partial charge on any atom is 2.00 e. The van der Waals surface area contributed by atoms with Gasteiger partial charge >= 0.3 is 48.9 Å². The van der Waals surface area contributed by atoms with E-state index in [9.17, 15) is 0 Å². The Morgan fingerprint density at radius 3 is 0.600 bits per heavy atom. The molecule has 0 aromatic heterocycles. The van der Waals surface area contributed by atoms with Crippen LogP contribution in [0, 0.1) is 0 Å². The molecule has 0 unspecified atom stereocenters. The first-order valence-electron chi connectivity index (χ1n) is 0. The second kappa shape index (κ2) is 52.9. The summed E-state index contributed by atoms with van der Waals surface area (Å²) in [6.45, 7) is 0. The van der Waals surface area contributed by atoms with E-state index in [0.29, 0.717) is 0 Å².